The molecule has 0 radical (unpaired) electrons. The molecule has 0 spiro atoms. The van der Waals surface area contributed by atoms with Crippen molar-refractivity contribution in [1.29, 1.82) is 0 Å². The lowest BCUT2D eigenvalue weighted by atomic mass is 9.88. The zero-order valence-corrected chi connectivity index (χ0v) is 9.56. The number of aliphatic hydroxyl groups excluding tert-OH is 2. The Morgan fingerprint density at radius 3 is 2.12 bits per heavy atom. The standard InChI is InChI=1S/C12H13ClO3/c1-6-9(11(15)12(16)10(6)14)7-2-4-8(13)5-3-7/h2-6,9-11,14-15H,1H3. The highest BCUT2D eigenvalue weighted by Gasteiger charge is 2.46. The Labute approximate surface area is 98.7 Å². The molecule has 0 aliphatic heterocycles. The number of carbonyl (C=O) groups excluding carboxylic acids is 1. The molecule has 86 valence electrons. The summed E-state index contributed by atoms with van der Waals surface area (Å²) in [5.41, 5.74) is 0.828. The summed E-state index contributed by atoms with van der Waals surface area (Å²) < 4.78 is 0. The molecule has 4 atom stereocenters. The third kappa shape index (κ3) is 1.75. The van der Waals surface area contributed by atoms with Gasteiger partial charge in [-0.1, -0.05) is 30.7 Å². The van der Waals surface area contributed by atoms with Gasteiger partial charge in [0.15, 0.2) is 5.78 Å². The lowest BCUT2D eigenvalue weighted by Gasteiger charge is -2.18. The molecule has 0 bridgehead atoms. The van der Waals surface area contributed by atoms with E-state index in [9.17, 15) is 15.0 Å². The lowest BCUT2D eigenvalue weighted by Crippen LogP contribution is -2.24. The van der Waals surface area contributed by atoms with Gasteiger partial charge >= 0.3 is 0 Å². The average molecular weight is 241 g/mol. The number of hydrogen-bond acceptors (Lipinski definition) is 3. The van der Waals surface area contributed by atoms with Gasteiger partial charge < -0.3 is 10.2 Å². The van der Waals surface area contributed by atoms with Crippen molar-refractivity contribution in [2.45, 2.75) is 25.0 Å². The predicted molar refractivity (Wildman–Crippen MR) is 60.4 cm³/mol. The predicted octanol–water partition coefficient (Wildman–Crippen LogP) is 1.36. The minimum Gasteiger partial charge on any atom is -0.385 e. The van der Waals surface area contributed by atoms with Crippen molar-refractivity contribution in [3.05, 3.63) is 34.9 Å². The summed E-state index contributed by atoms with van der Waals surface area (Å²) in [5.74, 6) is -1.11. The zero-order valence-electron chi connectivity index (χ0n) is 8.80. The molecular formula is C12H13ClO3. The van der Waals surface area contributed by atoms with Crippen LogP contribution >= 0.6 is 11.6 Å². The summed E-state index contributed by atoms with van der Waals surface area (Å²) in [6, 6.07) is 6.98. The van der Waals surface area contributed by atoms with E-state index in [0.29, 0.717) is 5.02 Å². The molecule has 1 aromatic rings. The number of aliphatic hydroxyl groups is 2. The molecule has 1 fully saturated rings. The number of rotatable bonds is 1. The minimum absolute atomic E-state index is 0.274. The summed E-state index contributed by atoms with van der Waals surface area (Å²) in [5, 5.41) is 20.0. The number of Topliss-reactive ketones (excluding diaryl/α,β-unsaturated/α-hetero) is 1. The van der Waals surface area contributed by atoms with Gasteiger partial charge in [-0.05, 0) is 23.6 Å². The summed E-state index contributed by atoms with van der Waals surface area (Å²) in [7, 11) is 0. The quantitative estimate of drug-likeness (QED) is 0.780. The van der Waals surface area contributed by atoms with Crippen LogP contribution in [0.2, 0.25) is 5.02 Å². The van der Waals surface area contributed by atoms with Gasteiger partial charge in [-0.2, -0.15) is 0 Å². The van der Waals surface area contributed by atoms with E-state index in [-0.39, 0.29) is 11.8 Å². The Kier molecular flexibility index (Phi) is 3.02. The van der Waals surface area contributed by atoms with E-state index >= 15 is 0 Å². The van der Waals surface area contributed by atoms with Crippen molar-refractivity contribution < 1.29 is 15.0 Å². The summed E-state index contributed by atoms with van der Waals surface area (Å²) in [4.78, 5) is 11.4. The Morgan fingerprint density at radius 2 is 1.69 bits per heavy atom. The Bertz CT molecular complexity index is 401. The molecule has 0 aromatic heterocycles. The first-order valence-corrected chi connectivity index (χ1v) is 5.55. The summed E-state index contributed by atoms with van der Waals surface area (Å²) >= 11 is 5.77. The lowest BCUT2D eigenvalue weighted by molar-refractivity contribution is -0.131. The van der Waals surface area contributed by atoms with Crippen molar-refractivity contribution in [3.63, 3.8) is 0 Å². The Morgan fingerprint density at radius 1 is 1.12 bits per heavy atom. The molecule has 2 N–H and O–H groups in total. The second-order valence-corrected chi connectivity index (χ2v) is 4.66. The molecule has 3 nitrogen and oxygen atoms in total. The largest absolute Gasteiger partial charge is 0.385 e. The second-order valence-electron chi connectivity index (χ2n) is 4.23. The van der Waals surface area contributed by atoms with Crippen LogP contribution in [0.15, 0.2) is 24.3 Å². The maximum Gasteiger partial charge on any atom is 0.190 e. The van der Waals surface area contributed by atoms with Crippen molar-refractivity contribution in [3.8, 4) is 0 Å². The van der Waals surface area contributed by atoms with Crippen LogP contribution in [0.3, 0.4) is 0 Å². The van der Waals surface area contributed by atoms with Gasteiger partial charge in [-0.15, -0.1) is 0 Å². The third-order valence-corrected chi connectivity index (χ3v) is 3.49. The van der Waals surface area contributed by atoms with E-state index in [1.165, 1.54) is 0 Å². The molecule has 4 unspecified atom stereocenters. The fourth-order valence-electron chi connectivity index (χ4n) is 2.27. The fourth-order valence-corrected chi connectivity index (χ4v) is 2.39. The van der Waals surface area contributed by atoms with Gasteiger partial charge in [-0.25, -0.2) is 0 Å². The van der Waals surface area contributed by atoms with Gasteiger partial charge in [0.1, 0.15) is 12.2 Å². The first kappa shape index (κ1) is 11.6. The third-order valence-electron chi connectivity index (χ3n) is 3.24. The molecule has 1 saturated carbocycles. The van der Waals surface area contributed by atoms with E-state index in [2.05, 4.69) is 0 Å². The Balaban J connectivity index is 2.34. The van der Waals surface area contributed by atoms with Crippen LogP contribution in [0, 0.1) is 5.92 Å². The summed E-state index contributed by atoms with van der Waals surface area (Å²) in [6.07, 6.45) is -2.19. The van der Waals surface area contributed by atoms with Crippen molar-refractivity contribution in [2.75, 3.05) is 0 Å². The number of benzene rings is 1. The van der Waals surface area contributed by atoms with E-state index in [0.717, 1.165) is 5.56 Å². The van der Waals surface area contributed by atoms with E-state index in [4.69, 9.17) is 11.6 Å². The maximum atomic E-state index is 11.4. The average Bonchev–Trinajstić information content (AvgIpc) is 2.46. The minimum atomic E-state index is -1.12. The highest BCUT2D eigenvalue weighted by molar-refractivity contribution is 6.30. The van der Waals surface area contributed by atoms with Crippen LogP contribution in [-0.2, 0) is 4.79 Å². The van der Waals surface area contributed by atoms with Gasteiger partial charge in [-0.3, -0.25) is 4.79 Å². The van der Waals surface area contributed by atoms with Crippen LogP contribution in [0.1, 0.15) is 18.4 Å². The molecule has 1 aromatic carbocycles. The smallest absolute Gasteiger partial charge is 0.190 e. The monoisotopic (exact) mass is 240 g/mol. The molecular weight excluding hydrogens is 228 g/mol. The highest BCUT2D eigenvalue weighted by atomic mass is 35.5. The zero-order chi connectivity index (χ0) is 11.9. The van der Waals surface area contributed by atoms with Crippen LogP contribution in [0.5, 0.6) is 0 Å². The molecule has 1 aliphatic carbocycles. The van der Waals surface area contributed by atoms with Crippen molar-refractivity contribution >= 4 is 17.4 Å². The summed E-state index contributed by atoms with van der Waals surface area (Å²) in [6.45, 7) is 1.76. The van der Waals surface area contributed by atoms with Gasteiger partial charge in [0.25, 0.3) is 0 Å². The van der Waals surface area contributed by atoms with Gasteiger partial charge in [0, 0.05) is 10.9 Å². The first-order valence-electron chi connectivity index (χ1n) is 5.17. The SMILES string of the molecule is CC1C(O)C(=O)C(O)C1c1ccc(Cl)cc1. The Hall–Kier alpha value is -0.900. The van der Waals surface area contributed by atoms with E-state index in [1.54, 1.807) is 31.2 Å². The van der Waals surface area contributed by atoms with Crippen LogP contribution < -0.4 is 0 Å². The van der Waals surface area contributed by atoms with Gasteiger partial charge in [0.2, 0.25) is 0 Å². The van der Waals surface area contributed by atoms with E-state index in [1.807, 2.05) is 0 Å². The molecule has 4 heteroatoms. The van der Waals surface area contributed by atoms with Crippen LogP contribution in [-0.4, -0.2) is 28.2 Å². The second kappa shape index (κ2) is 4.17. The number of ketones is 1. The normalized spacial score (nSPS) is 34.4. The highest BCUT2D eigenvalue weighted by Crippen LogP contribution is 2.38. The van der Waals surface area contributed by atoms with Crippen LogP contribution in [0.4, 0.5) is 0 Å². The van der Waals surface area contributed by atoms with Crippen molar-refractivity contribution in [2.24, 2.45) is 5.92 Å². The fraction of sp³-hybridized carbons (Fsp3) is 0.417. The topological polar surface area (TPSA) is 57.5 Å². The van der Waals surface area contributed by atoms with Crippen LogP contribution in [0.25, 0.3) is 0 Å². The number of carbonyl (C=O) groups is 1. The van der Waals surface area contributed by atoms with E-state index < -0.39 is 18.0 Å². The molecule has 2 rings (SSSR count). The molecule has 1 aliphatic rings. The molecule has 0 heterocycles. The van der Waals surface area contributed by atoms with Gasteiger partial charge in [0.05, 0.1) is 0 Å². The number of hydrogen-bond donors (Lipinski definition) is 2. The first-order chi connectivity index (χ1) is 7.52. The molecule has 16 heavy (non-hydrogen) atoms. The molecule has 0 saturated heterocycles. The van der Waals surface area contributed by atoms with Crippen molar-refractivity contribution in [1.82, 2.24) is 0 Å². The number of halogens is 1. The molecule has 0 amide bonds. The maximum absolute atomic E-state index is 11.4.